The number of amides is 1. The first kappa shape index (κ1) is 121. The van der Waals surface area contributed by atoms with Gasteiger partial charge in [0, 0.05) is 95.0 Å². The molecule has 8 aromatic carbocycles. The summed E-state index contributed by atoms with van der Waals surface area (Å²) in [5.74, 6) is -1.56. The van der Waals surface area contributed by atoms with Gasteiger partial charge in [-0.2, -0.15) is 0 Å². The number of hydrogen-bond donors (Lipinski definition) is 7. The predicted molar refractivity (Wildman–Crippen MR) is 470 cm³/mol. The molecule has 0 atom stereocenters. The number of nitrogens with zero attached hydrogens (tertiary/aromatic N) is 2. The number of ether oxygens (including phenoxy) is 5. The van der Waals surface area contributed by atoms with E-state index in [9.17, 15) is 70.5 Å². The summed E-state index contributed by atoms with van der Waals surface area (Å²) in [6, 6.07) is 50.4. The molecule has 0 aliphatic carbocycles. The molecule has 40 heteroatoms. The van der Waals surface area contributed by atoms with E-state index in [0.29, 0.717) is 74.6 Å². The van der Waals surface area contributed by atoms with E-state index in [0.717, 1.165) is 30.8 Å². The molecule has 1 aliphatic rings. The van der Waals surface area contributed by atoms with E-state index >= 15 is 0 Å². The number of benzene rings is 8. The van der Waals surface area contributed by atoms with Crippen LogP contribution in [-0.2, 0) is 87.8 Å². The Labute approximate surface area is 849 Å². The van der Waals surface area contributed by atoms with Crippen molar-refractivity contribution >= 4 is 181 Å². The molecule has 666 valence electrons. The number of sulfonamides is 1. The van der Waals surface area contributed by atoms with Crippen molar-refractivity contribution in [3.63, 3.8) is 0 Å². The van der Waals surface area contributed by atoms with Gasteiger partial charge in [0.15, 0.2) is 12.1 Å². The van der Waals surface area contributed by atoms with Crippen molar-refractivity contribution in [3.05, 3.63) is 271 Å². The molecule has 2 heterocycles. The molecule has 1 amide bonds. The van der Waals surface area contributed by atoms with Crippen molar-refractivity contribution in [1.29, 1.82) is 0 Å². The van der Waals surface area contributed by atoms with Gasteiger partial charge in [0.25, 0.3) is 16.5 Å². The molecule has 10 rings (SSSR count). The van der Waals surface area contributed by atoms with Crippen LogP contribution in [0.25, 0.3) is 18.2 Å². The maximum atomic E-state index is 14.1. The van der Waals surface area contributed by atoms with Crippen LogP contribution in [0.2, 0.25) is 25.1 Å². The van der Waals surface area contributed by atoms with Crippen molar-refractivity contribution in [2.24, 2.45) is 5.73 Å². The van der Waals surface area contributed by atoms with E-state index in [-0.39, 0.29) is 215 Å². The average Bonchev–Trinajstić information content (AvgIpc) is 1.09. The molecule has 1 saturated heterocycles. The van der Waals surface area contributed by atoms with Crippen molar-refractivity contribution in [2.45, 2.75) is 44.1 Å². The van der Waals surface area contributed by atoms with Gasteiger partial charge in [0.2, 0.25) is 0 Å². The molecule has 0 bridgehead atoms. The molecule has 0 unspecified atom stereocenters. The standard InChI is InChI=1S/C20H17OP.C14H13ClF2N2O4S2.2C12H14ClNO3.C9H7ClO2.C7H5ClO2.C4H8O.C3H7NO2.CH3F.CH2O3.CH3.2K.Pd.H/c21-16-17-22(18-10-4-1-5-11-18,19-12-6-2-7-13-19)20-14-8-3-9-15-20;1-14(2,3)23-13(20)19(12-6-24-7-18-12)25(21,22)11-4-8(15)9(16)5-10(11)17;2*1-17-12(16)8-14-6-2-3-9-7-10(13)4-5-11(9)15;10-8-3-4-9(12)7(6-8)2-1-5-11;8-6-1-2-7(10)5(3-6)4-9;1-2-4-5-3-1;1-6-3(5)2-4;1-2;2-1-4-3;;;;;/h1-17H;4-7H,1-3H3;2*2-5,7,14-15H,6,8H2,1H3;1-6,12H;1-4,10H;1-4H2;2,4H2,1H3;1H3;1,3H;1H3;;;;/q;;;;;;;;;;-1;2*+1;;-1/p-1/b;;2*3-2+;2-1+;;;;;;;;;;/i;;;;;;;;1D;;;;;;. The van der Waals surface area contributed by atoms with Crippen LogP contribution in [0.1, 0.15) is 63.5 Å². The number of aromatic nitrogens is 1. The zero-order valence-electron chi connectivity index (χ0n) is 70.6. The Morgan fingerprint density at radius 2 is 1.01 bits per heavy atom. The minimum Gasteiger partial charge on any atom is -1.00 e. The Hall–Kier alpha value is -6.80. The van der Waals surface area contributed by atoms with Gasteiger partial charge in [-0.15, -0.1) is 15.6 Å². The first-order valence-electron chi connectivity index (χ1n) is 35.4. The molecule has 1 fully saturated rings. The summed E-state index contributed by atoms with van der Waals surface area (Å²) >= 11 is 29.4. The van der Waals surface area contributed by atoms with Crippen LogP contribution in [0.5, 0.6) is 23.0 Å². The summed E-state index contributed by atoms with van der Waals surface area (Å²) in [5.41, 5.74) is 7.11. The maximum absolute atomic E-state index is 14.1. The Bertz CT molecular complexity index is 4750. The molecule has 26 nitrogen and oxygen atoms in total. The fraction of sp³-hybridized carbons (Fsp3) is 0.202. The largest absolute Gasteiger partial charge is 1.00 e. The molecule has 0 radical (unpaired) electrons. The molecule has 8 N–H and O–H groups in total. The molecular weight excluding hydrogens is 1930 g/mol. The Morgan fingerprint density at radius 1 is 0.629 bits per heavy atom. The minimum atomic E-state index is -4.79. The van der Waals surface area contributed by atoms with E-state index < -0.39 is 57.3 Å². The Morgan fingerprint density at radius 3 is 1.31 bits per heavy atom. The third kappa shape index (κ3) is 48.9. The summed E-state index contributed by atoms with van der Waals surface area (Å²) < 4.78 is 91.8. The van der Waals surface area contributed by atoms with Gasteiger partial charge in [-0.1, -0.05) is 173 Å². The summed E-state index contributed by atoms with van der Waals surface area (Å²) in [7, 11) is -1.81. The fourth-order valence-corrected chi connectivity index (χ4v) is 15.3. The van der Waals surface area contributed by atoms with Crippen LogP contribution in [0, 0.1) is 19.1 Å². The van der Waals surface area contributed by atoms with Crippen LogP contribution in [0.4, 0.5) is 23.8 Å². The van der Waals surface area contributed by atoms with E-state index in [4.69, 9.17) is 89.7 Å². The molecule has 1 aromatic heterocycles. The van der Waals surface area contributed by atoms with Gasteiger partial charge in [-0.3, -0.25) is 38.0 Å². The van der Waals surface area contributed by atoms with Crippen molar-refractivity contribution in [2.75, 3.05) is 78.7 Å². The number of carbonyl (C=O) groups excluding carboxylic acids is 8. The predicted octanol–water partition coefficient (Wildman–Crippen LogP) is 8.45. The van der Waals surface area contributed by atoms with E-state index in [1.54, 1.807) is 60.7 Å². The summed E-state index contributed by atoms with van der Waals surface area (Å²) in [6.45, 7) is 5.66. The zero-order chi connectivity index (χ0) is 90.8. The van der Waals surface area contributed by atoms with Crippen molar-refractivity contribution in [3.8, 4) is 23.0 Å². The molecular formula is C84H93Cl5F3K2N5O21PPdS2-. The zero-order valence-corrected chi connectivity index (χ0v) is 82.7. The second-order valence-corrected chi connectivity index (χ2v) is 31.7. The number of allylic oxidation sites excluding steroid dienone is 1. The van der Waals surface area contributed by atoms with E-state index in [1.807, 2.05) is 60.4 Å². The monoisotopic (exact) mass is 2020 g/mol. The number of halogens is 8. The molecule has 1 aliphatic heterocycles. The fourth-order valence-electron chi connectivity index (χ4n) is 8.88. The van der Waals surface area contributed by atoms with Crippen molar-refractivity contribution in [1.82, 2.24) is 15.6 Å². The number of aromatic hydroxyl groups is 4. The molecule has 124 heavy (non-hydrogen) atoms. The smallest absolute Gasteiger partial charge is 1.00 e. The number of nitrogens with two attached hydrogens (primary N) is 1. The summed E-state index contributed by atoms with van der Waals surface area (Å²) in [6.07, 6.45) is 13.2. The van der Waals surface area contributed by atoms with Gasteiger partial charge in [-0.25, -0.2) is 27.0 Å². The Kier molecular flexibility index (Phi) is 69.6. The van der Waals surface area contributed by atoms with Crippen LogP contribution in [0.3, 0.4) is 0 Å². The second kappa shape index (κ2) is 71.2. The summed E-state index contributed by atoms with van der Waals surface area (Å²) in [4.78, 5) is 89.5. The number of alkyl halides is 1. The van der Waals surface area contributed by atoms with Crippen LogP contribution < -0.4 is 145 Å². The number of rotatable bonds is 22. The third-order valence-corrected chi connectivity index (χ3v) is 21.7. The number of methoxy groups -OCH3 is 3. The van der Waals surface area contributed by atoms with Crippen molar-refractivity contribution < 1.29 is 240 Å². The Balaban J connectivity index is -0.000000450. The van der Waals surface area contributed by atoms with Crippen LogP contribution in [0.15, 0.2) is 210 Å². The minimum absolute atomic E-state index is 0. The first-order valence-corrected chi connectivity index (χ1v) is 40.8. The number of hydrogen-bond acceptors (Lipinski definition) is 26. The number of esters is 3. The van der Waals surface area contributed by atoms with Gasteiger partial charge in [0.1, 0.15) is 57.7 Å². The second-order valence-electron chi connectivity index (χ2n) is 23.7. The normalized spacial score (nSPS) is 10.7. The maximum Gasteiger partial charge on any atom is 1.00 e. The van der Waals surface area contributed by atoms with Gasteiger partial charge in [-0.05, 0) is 153 Å². The number of thiazole rings is 1. The van der Waals surface area contributed by atoms with Crippen LogP contribution in [-0.4, -0.2) is 169 Å². The third-order valence-electron chi connectivity index (χ3n) is 14.3. The molecule has 9 aromatic rings. The average molecular weight is 2020 g/mol. The number of phenols is 4. The summed E-state index contributed by atoms with van der Waals surface area (Å²) in [5, 5.41) is 57.7. The number of carbonyl (C=O) groups is 8. The molecule has 0 saturated carbocycles. The van der Waals surface area contributed by atoms with Gasteiger partial charge in [0.05, 0.1) is 65.6 Å². The molecule has 0 spiro atoms. The van der Waals surface area contributed by atoms with Gasteiger partial charge >= 0.3 is 127 Å². The number of aldehydes is 3. The number of nitrogens with one attached hydrogen (secondary N) is 2. The number of phenolic OH excluding ortho intramolecular Hbond substituents is 4. The van der Waals surface area contributed by atoms with E-state index in [1.165, 1.54) is 130 Å². The SMILES string of the molecule is C1CCOC1.CC(C)(C)OC(=O)N(c1cscn1)S(=O)(=O)c1cc(Cl)c(F)cc1F.COC(=O)CN.COC(=O)CNC/C=C/c1cc(Cl)ccc1O.COC(=O)CNC/C=C/c1cc(Cl)ccc1O.O=C/C=C/c1cc(Cl)ccc1O.O=CC=P(c1ccccc1)(c1ccccc1)c1ccccc1.O=CO[O-].O=Cc1cc(Cl)ccc1O.[2H]CF.[CH3-].[H-].[K+].[K+].[Pd]. The first-order chi connectivity index (χ1) is 57.7. The van der Waals surface area contributed by atoms with Gasteiger partial charge < -0.3 is 79.5 Å². The topological polar surface area (TPSA) is 396 Å². The quantitative estimate of drug-likeness (QED) is 0.00286. The van der Waals surface area contributed by atoms with E-state index in [2.05, 4.69) is 71.1 Å². The van der Waals surface area contributed by atoms with Crippen LogP contribution >= 0.6 is 76.2 Å². The number of anilines is 1.